The summed E-state index contributed by atoms with van der Waals surface area (Å²) in [6, 6.07) is 0. The van der Waals surface area contributed by atoms with Crippen LogP contribution in [0, 0.1) is 5.92 Å². The number of fused-ring (bicyclic) bond motifs is 1. The van der Waals surface area contributed by atoms with Crippen molar-refractivity contribution in [2.24, 2.45) is 5.92 Å². The molecule has 2 fully saturated rings. The van der Waals surface area contributed by atoms with Gasteiger partial charge in [-0.25, -0.2) is 0 Å². The molecule has 4 heteroatoms. The Morgan fingerprint density at radius 1 is 1.56 bits per heavy atom. The molecule has 2 bridgehead atoms. The summed E-state index contributed by atoms with van der Waals surface area (Å²) in [5.41, 5.74) is -0.593. The zero-order valence-corrected chi connectivity index (χ0v) is 9.52. The predicted molar refractivity (Wildman–Crippen MR) is 57.2 cm³/mol. The highest BCUT2D eigenvalue weighted by Gasteiger charge is 2.54. The molecule has 0 unspecified atom stereocenters. The fourth-order valence-corrected chi connectivity index (χ4v) is 2.83. The first kappa shape index (κ1) is 10.3. The van der Waals surface area contributed by atoms with Crippen molar-refractivity contribution in [1.29, 1.82) is 0 Å². The molecular formula is C12H17NO3. The van der Waals surface area contributed by atoms with Crippen molar-refractivity contribution in [2.75, 3.05) is 6.61 Å². The number of amides is 1. The standard InChI is InChI=1S/C12H17NO3/c1-2-9-10-5-7-12(16-10)6-3-4-8-15-13(12)11(9)14/h5,7,9-10H,2-4,6,8H2,1H3/t9-,10+,12-/m0/s1. The van der Waals surface area contributed by atoms with Crippen LogP contribution in [0.3, 0.4) is 0 Å². The van der Waals surface area contributed by atoms with Crippen LogP contribution in [0.25, 0.3) is 0 Å². The third kappa shape index (κ3) is 1.26. The maximum Gasteiger partial charge on any atom is 0.255 e. The van der Waals surface area contributed by atoms with Crippen LogP contribution in [0.2, 0.25) is 0 Å². The van der Waals surface area contributed by atoms with Gasteiger partial charge in [-0.2, -0.15) is 5.06 Å². The summed E-state index contributed by atoms with van der Waals surface area (Å²) < 4.78 is 6.01. The monoisotopic (exact) mass is 223 g/mol. The largest absolute Gasteiger partial charge is 0.341 e. The van der Waals surface area contributed by atoms with Gasteiger partial charge in [0.1, 0.15) is 0 Å². The van der Waals surface area contributed by atoms with E-state index in [2.05, 4.69) is 0 Å². The fraction of sp³-hybridized carbons (Fsp3) is 0.750. The van der Waals surface area contributed by atoms with Crippen molar-refractivity contribution in [3.8, 4) is 0 Å². The van der Waals surface area contributed by atoms with Gasteiger partial charge in [-0.3, -0.25) is 9.63 Å². The lowest BCUT2D eigenvalue weighted by Gasteiger charge is -2.43. The van der Waals surface area contributed by atoms with Crippen molar-refractivity contribution in [3.63, 3.8) is 0 Å². The topological polar surface area (TPSA) is 38.8 Å². The van der Waals surface area contributed by atoms with Crippen molar-refractivity contribution < 1.29 is 14.4 Å². The second-order valence-corrected chi connectivity index (χ2v) is 4.72. The van der Waals surface area contributed by atoms with E-state index in [1.807, 2.05) is 19.1 Å². The van der Waals surface area contributed by atoms with E-state index in [0.29, 0.717) is 6.61 Å². The van der Waals surface area contributed by atoms with Crippen LogP contribution in [-0.4, -0.2) is 29.4 Å². The van der Waals surface area contributed by atoms with Crippen molar-refractivity contribution in [3.05, 3.63) is 12.2 Å². The molecule has 3 heterocycles. The number of nitrogens with zero attached hydrogens (tertiary/aromatic N) is 1. The average Bonchev–Trinajstić information content (AvgIpc) is 2.52. The number of carbonyl (C=O) groups is 1. The van der Waals surface area contributed by atoms with Gasteiger partial charge < -0.3 is 4.74 Å². The van der Waals surface area contributed by atoms with Crippen LogP contribution in [0.1, 0.15) is 32.6 Å². The van der Waals surface area contributed by atoms with E-state index in [-0.39, 0.29) is 17.9 Å². The van der Waals surface area contributed by atoms with Crippen LogP contribution >= 0.6 is 0 Å². The Balaban J connectivity index is 1.97. The van der Waals surface area contributed by atoms with Crippen LogP contribution in [0.4, 0.5) is 0 Å². The third-order valence-electron chi connectivity index (χ3n) is 3.73. The highest BCUT2D eigenvalue weighted by Crippen LogP contribution is 2.43. The first-order chi connectivity index (χ1) is 7.77. The Hall–Kier alpha value is -0.870. The van der Waals surface area contributed by atoms with E-state index in [9.17, 15) is 4.79 Å². The summed E-state index contributed by atoms with van der Waals surface area (Å²) in [6.45, 7) is 2.63. The lowest BCUT2D eigenvalue weighted by Crippen LogP contribution is -2.58. The quantitative estimate of drug-likeness (QED) is 0.634. The molecule has 0 saturated carbocycles. The summed E-state index contributed by atoms with van der Waals surface area (Å²) in [6.07, 6.45) is 7.67. The zero-order chi connectivity index (χ0) is 11.2. The summed E-state index contributed by atoms with van der Waals surface area (Å²) >= 11 is 0. The lowest BCUT2D eigenvalue weighted by atomic mass is 9.97. The van der Waals surface area contributed by atoms with E-state index < -0.39 is 5.72 Å². The second kappa shape index (κ2) is 3.57. The number of carbonyl (C=O) groups excluding carboxylic acids is 1. The van der Waals surface area contributed by atoms with Gasteiger partial charge in [0, 0.05) is 6.42 Å². The molecule has 3 rings (SSSR count). The zero-order valence-electron chi connectivity index (χ0n) is 9.52. The average molecular weight is 223 g/mol. The maximum absolute atomic E-state index is 12.3. The van der Waals surface area contributed by atoms with Gasteiger partial charge in [-0.05, 0) is 25.3 Å². The molecular weight excluding hydrogens is 206 g/mol. The number of hydrogen-bond donors (Lipinski definition) is 0. The molecule has 2 saturated heterocycles. The molecule has 3 aliphatic heterocycles. The predicted octanol–water partition coefficient (Wildman–Crippen LogP) is 1.62. The Morgan fingerprint density at radius 2 is 2.44 bits per heavy atom. The molecule has 0 aromatic carbocycles. The van der Waals surface area contributed by atoms with Gasteiger partial charge >= 0.3 is 0 Å². The van der Waals surface area contributed by atoms with Gasteiger partial charge in [0.2, 0.25) is 0 Å². The summed E-state index contributed by atoms with van der Waals surface area (Å²) in [7, 11) is 0. The summed E-state index contributed by atoms with van der Waals surface area (Å²) in [5, 5.41) is 1.49. The van der Waals surface area contributed by atoms with Crippen LogP contribution in [0.15, 0.2) is 12.2 Å². The van der Waals surface area contributed by atoms with E-state index in [0.717, 1.165) is 25.7 Å². The Labute approximate surface area is 95.1 Å². The highest BCUT2D eigenvalue weighted by molar-refractivity contribution is 5.81. The van der Waals surface area contributed by atoms with Crippen LogP contribution < -0.4 is 0 Å². The van der Waals surface area contributed by atoms with Gasteiger partial charge in [-0.15, -0.1) is 0 Å². The molecule has 0 N–H and O–H groups in total. The van der Waals surface area contributed by atoms with Crippen LogP contribution in [0.5, 0.6) is 0 Å². The first-order valence-corrected chi connectivity index (χ1v) is 6.11. The molecule has 0 radical (unpaired) electrons. The van der Waals surface area contributed by atoms with Gasteiger partial charge in [0.05, 0.1) is 18.6 Å². The lowest BCUT2D eigenvalue weighted by molar-refractivity contribution is -0.296. The Bertz CT molecular complexity index is 341. The van der Waals surface area contributed by atoms with Gasteiger partial charge in [0.25, 0.3) is 5.91 Å². The third-order valence-corrected chi connectivity index (χ3v) is 3.73. The minimum Gasteiger partial charge on any atom is -0.341 e. The fourth-order valence-electron chi connectivity index (χ4n) is 2.83. The number of rotatable bonds is 1. The molecule has 3 aliphatic rings. The first-order valence-electron chi connectivity index (χ1n) is 6.11. The Morgan fingerprint density at radius 3 is 3.25 bits per heavy atom. The number of ether oxygens (including phenoxy) is 1. The smallest absolute Gasteiger partial charge is 0.255 e. The molecule has 4 nitrogen and oxygen atoms in total. The molecule has 88 valence electrons. The molecule has 0 aromatic heterocycles. The second-order valence-electron chi connectivity index (χ2n) is 4.72. The SMILES string of the molecule is CC[C@@H]1C(=O)N2OCCCC[C@]23C=C[C@H]1O3. The van der Waals surface area contributed by atoms with Gasteiger partial charge in [-0.1, -0.05) is 13.0 Å². The molecule has 0 aromatic rings. The van der Waals surface area contributed by atoms with E-state index >= 15 is 0 Å². The normalized spacial score (nSPS) is 42.1. The minimum atomic E-state index is -0.593. The maximum atomic E-state index is 12.3. The molecule has 16 heavy (non-hydrogen) atoms. The van der Waals surface area contributed by atoms with Crippen molar-refractivity contribution in [1.82, 2.24) is 5.06 Å². The van der Waals surface area contributed by atoms with Crippen LogP contribution in [-0.2, 0) is 14.4 Å². The molecule has 0 aliphatic carbocycles. The van der Waals surface area contributed by atoms with Crippen molar-refractivity contribution in [2.45, 2.75) is 44.4 Å². The minimum absolute atomic E-state index is 0.0459. The molecule has 1 spiro atoms. The highest BCUT2D eigenvalue weighted by atomic mass is 16.7. The molecule has 3 atom stereocenters. The molecule has 1 amide bonds. The van der Waals surface area contributed by atoms with E-state index in [1.54, 1.807) is 0 Å². The van der Waals surface area contributed by atoms with Gasteiger partial charge in [0.15, 0.2) is 5.72 Å². The number of hydroxylamine groups is 2. The van der Waals surface area contributed by atoms with Crippen molar-refractivity contribution >= 4 is 5.91 Å². The number of hydrogen-bond acceptors (Lipinski definition) is 3. The summed E-state index contributed by atoms with van der Waals surface area (Å²) in [5.74, 6) is 0.00984. The summed E-state index contributed by atoms with van der Waals surface area (Å²) in [4.78, 5) is 17.9. The van der Waals surface area contributed by atoms with E-state index in [4.69, 9.17) is 9.57 Å². The van der Waals surface area contributed by atoms with E-state index in [1.165, 1.54) is 5.06 Å². The Kier molecular flexibility index (Phi) is 2.30.